The van der Waals surface area contributed by atoms with Gasteiger partial charge in [0.1, 0.15) is 5.76 Å². The van der Waals surface area contributed by atoms with Gasteiger partial charge < -0.3 is 13.8 Å². The molecule has 0 spiro atoms. The standard InChI is InChI=1S/C27H29O4P/c1-4-29-32(28,30-5-2)25-20-27(23-14-10-7-11-15-23,24-18-16-21(3)17-19-24)31-26(25)22-12-8-6-9-13-22/h6-19H,4-5,20H2,1-3H3. The zero-order valence-electron chi connectivity index (χ0n) is 18.8. The molecule has 1 aliphatic heterocycles. The molecule has 0 aromatic heterocycles. The molecule has 32 heavy (non-hydrogen) atoms. The van der Waals surface area contributed by atoms with Crippen LogP contribution < -0.4 is 0 Å². The van der Waals surface area contributed by atoms with E-state index in [0.717, 1.165) is 16.7 Å². The first-order valence-electron chi connectivity index (χ1n) is 11.0. The predicted octanol–water partition coefficient (Wildman–Crippen LogP) is 7.29. The second-order valence-electron chi connectivity index (χ2n) is 7.81. The molecule has 0 radical (unpaired) electrons. The molecule has 0 bridgehead atoms. The van der Waals surface area contributed by atoms with Gasteiger partial charge in [-0.3, -0.25) is 4.57 Å². The van der Waals surface area contributed by atoms with Crippen LogP contribution in [-0.2, 0) is 24.0 Å². The average molecular weight is 448 g/mol. The zero-order valence-corrected chi connectivity index (χ0v) is 19.7. The summed E-state index contributed by atoms with van der Waals surface area (Å²) in [4.78, 5) is 0. The molecule has 1 aliphatic rings. The molecule has 1 atom stereocenters. The van der Waals surface area contributed by atoms with E-state index in [2.05, 4.69) is 43.3 Å². The summed E-state index contributed by atoms with van der Waals surface area (Å²) in [5.74, 6) is 0.570. The van der Waals surface area contributed by atoms with Gasteiger partial charge in [0.05, 0.1) is 18.5 Å². The van der Waals surface area contributed by atoms with Crippen molar-refractivity contribution in [1.82, 2.24) is 0 Å². The topological polar surface area (TPSA) is 44.8 Å². The highest BCUT2D eigenvalue weighted by atomic mass is 31.2. The Bertz CT molecular complexity index is 1110. The van der Waals surface area contributed by atoms with E-state index in [1.165, 1.54) is 5.56 Å². The number of hydrogen-bond acceptors (Lipinski definition) is 4. The van der Waals surface area contributed by atoms with E-state index in [0.29, 0.717) is 17.5 Å². The van der Waals surface area contributed by atoms with E-state index >= 15 is 0 Å². The van der Waals surface area contributed by atoms with Gasteiger partial charge >= 0.3 is 7.60 Å². The molecule has 5 heteroatoms. The van der Waals surface area contributed by atoms with Crippen LogP contribution in [0.25, 0.3) is 5.76 Å². The molecule has 3 aromatic rings. The number of aryl methyl sites for hydroxylation is 1. The van der Waals surface area contributed by atoms with Crippen molar-refractivity contribution in [2.75, 3.05) is 13.2 Å². The van der Waals surface area contributed by atoms with Crippen molar-refractivity contribution >= 4 is 13.4 Å². The third-order valence-electron chi connectivity index (χ3n) is 5.68. The summed E-state index contributed by atoms with van der Waals surface area (Å²) >= 11 is 0. The Morgan fingerprint density at radius 1 is 0.812 bits per heavy atom. The molecule has 1 unspecified atom stereocenters. The lowest BCUT2D eigenvalue weighted by molar-refractivity contribution is 0.100. The van der Waals surface area contributed by atoms with Crippen molar-refractivity contribution in [1.29, 1.82) is 0 Å². The highest BCUT2D eigenvalue weighted by Gasteiger charge is 2.50. The zero-order chi connectivity index (χ0) is 22.6. The van der Waals surface area contributed by atoms with Crippen LogP contribution in [0.3, 0.4) is 0 Å². The van der Waals surface area contributed by atoms with Crippen molar-refractivity contribution in [3.05, 3.63) is 112 Å². The first-order valence-corrected chi connectivity index (χ1v) is 12.6. The van der Waals surface area contributed by atoms with Crippen LogP contribution in [0.15, 0.2) is 90.2 Å². The maximum absolute atomic E-state index is 14.0. The predicted molar refractivity (Wildman–Crippen MR) is 128 cm³/mol. The van der Waals surface area contributed by atoms with Gasteiger partial charge in [-0.05, 0) is 20.8 Å². The van der Waals surface area contributed by atoms with Crippen molar-refractivity contribution in [2.45, 2.75) is 32.8 Å². The van der Waals surface area contributed by atoms with E-state index < -0.39 is 13.2 Å². The van der Waals surface area contributed by atoms with Gasteiger partial charge in [0, 0.05) is 23.1 Å². The fourth-order valence-electron chi connectivity index (χ4n) is 4.17. The van der Waals surface area contributed by atoms with E-state index in [-0.39, 0.29) is 13.2 Å². The van der Waals surface area contributed by atoms with Gasteiger partial charge in [0.15, 0.2) is 5.60 Å². The summed E-state index contributed by atoms with van der Waals surface area (Å²) < 4.78 is 32.4. The number of rotatable bonds is 8. The Morgan fingerprint density at radius 2 is 1.34 bits per heavy atom. The number of ether oxygens (including phenoxy) is 1. The van der Waals surface area contributed by atoms with Crippen molar-refractivity contribution in [3.8, 4) is 0 Å². The minimum Gasteiger partial charge on any atom is -0.476 e. The number of benzene rings is 3. The first-order chi connectivity index (χ1) is 15.5. The Balaban J connectivity index is 1.94. The quantitative estimate of drug-likeness (QED) is 0.339. The summed E-state index contributed by atoms with van der Waals surface area (Å²) in [5, 5.41) is 0.580. The lowest BCUT2D eigenvalue weighted by Gasteiger charge is -2.31. The van der Waals surface area contributed by atoms with Crippen LogP contribution >= 0.6 is 7.60 Å². The van der Waals surface area contributed by atoms with E-state index in [1.54, 1.807) is 0 Å². The SMILES string of the molecule is CCOP(=O)(OCC)C1=C(c2ccccc2)OC(c2ccccc2)(c2ccc(C)cc2)C1. The van der Waals surface area contributed by atoms with E-state index in [1.807, 2.05) is 62.4 Å². The second kappa shape index (κ2) is 9.46. The van der Waals surface area contributed by atoms with Crippen LogP contribution in [0, 0.1) is 6.92 Å². The van der Waals surface area contributed by atoms with Gasteiger partial charge in [0.2, 0.25) is 0 Å². The van der Waals surface area contributed by atoms with Crippen molar-refractivity contribution < 1.29 is 18.3 Å². The lowest BCUT2D eigenvalue weighted by atomic mass is 9.84. The highest BCUT2D eigenvalue weighted by Crippen LogP contribution is 2.66. The highest BCUT2D eigenvalue weighted by molar-refractivity contribution is 7.58. The van der Waals surface area contributed by atoms with Crippen molar-refractivity contribution in [3.63, 3.8) is 0 Å². The third-order valence-corrected chi connectivity index (χ3v) is 7.90. The fraction of sp³-hybridized carbons (Fsp3) is 0.259. The monoisotopic (exact) mass is 448 g/mol. The normalized spacial score (nSPS) is 18.6. The van der Waals surface area contributed by atoms with Gasteiger partial charge in [-0.15, -0.1) is 0 Å². The summed E-state index contributed by atoms with van der Waals surface area (Å²) in [6.45, 7) is 6.28. The van der Waals surface area contributed by atoms with Crippen LogP contribution in [0.2, 0.25) is 0 Å². The summed E-state index contributed by atoms with van der Waals surface area (Å²) in [6, 6.07) is 28.2. The minimum atomic E-state index is -3.56. The van der Waals surface area contributed by atoms with E-state index in [4.69, 9.17) is 13.8 Å². The molecule has 4 nitrogen and oxygen atoms in total. The van der Waals surface area contributed by atoms with Crippen molar-refractivity contribution in [2.24, 2.45) is 0 Å². The Hall–Kier alpha value is -2.65. The average Bonchev–Trinajstić information content (AvgIpc) is 3.24. The molecule has 1 heterocycles. The molecular weight excluding hydrogens is 419 g/mol. The molecular formula is C27H29O4P. The smallest absolute Gasteiger partial charge is 0.361 e. The van der Waals surface area contributed by atoms with Crippen LogP contribution in [0.4, 0.5) is 0 Å². The maximum atomic E-state index is 14.0. The van der Waals surface area contributed by atoms with Gasteiger partial charge in [-0.25, -0.2) is 0 Å². The maximum Gasteiger partial charge on any atom is 0.361 e. The van der Waals surface area contributed by atoms with Crippen LogP contribution in [0.1, 0.15) is 42.5 Å². The molecule has 0 saturated carbocycles. The summed E-state index contributed by atoms with van der Waals surface area (Å²) in [6.07, 6.45) is 0.377. The molecule has 0 fully saturated rings. The third kappa shape index (κ3) is 4.19. The molecule has 0 saturated heterocycles. The van der Waals surface area contributed by atoms with Gasteiger partial charge in [0.25, 0.3) is 0 Å². The molecule has 166 valence electrons. The van der Waals surface area contributed by atoms with E-state index in [9.17, 15) is 4.57 Å². The Labute approximate surface area is 190 Å². The second-order valence-corrected chi connectivity index (χ2v) is 9.86. The molecule has 3 aromatic carbocycles. The molecule has 0 aliphatic carbocycles. The largest absolute Gasteiger partial charge is 0.476 e. The van der Waals surface area contributed by atoms with Gasteiger partial charge in [-0.1, -0.05) is 90.5 Å². The molecule has 0 N–H and O–H groups in total. The Kier molecular flexibility index (Phi) is 6.66. The summed E-state index contributed by atoms with van der Waals surface area (Å²) in [7, 11) is -3.56. The summed E-state index contributed by atoms with van der Waals surface area (Å²) in [5.41, 5.74) is 3.18. The lowest BCUT2D eigenvalue weighted by Crippen LogP contribution is -2.27. The fourth-order valence-corrected chi connectivity index (χ4v) is 6.08. The van der Waals surface area contributed by atoms with Gasteiger partial charge in [-0.2, -0.15) is 0 Å². The number of hydrogen-bond donors (Lipinski definition) is 0. The van der Waals surface area contributed by atoms with Crippen LogP contribution in [0.5, 0.6) is 0 Å². The molecule has 4 rings (SSSR count). The van der Waals surface area contributed by atoms with Crippen LogP contribution in [-0.4, -0.2) is 13.2 Å². The minimum absolute atomic E-state index is 0.283. The first kappa shape index (κ1) is 22.5. The Morgan fingerprint density at radius 3 is 1.91 bits per heavy atom. The molecule has 0 amide bonds.